The van der Waals surface area contributed by atoms with Gasteiger partial charge in [-0.05, 0) is 48.9 Å². The van der Waals surface area contributed by atoms with Gasteiger partial charge in [-0.2, -0.15) is 4.98 Å². The summed E-state index contributed by atoms with van der Waals surface area (Å²) in [5.74, 6) is 0.584. The van der Waals surface area contributed by atoms with Crippen molar-refractivity contribution in [1.29, 1.82) is 5.41 Å². The number of hydrogen-bond donors (Lipinski definition) is 3. The van der Waals surface area contributed by atoms with Gasteiger partial charge in [0.2, 0.25) is 11.7 Å². The highest BCUT2D eigenvalue weighted by Crippen LogP contribution is 2.25. The summed E-state index contributed by atoms with van der Waals surface area (Å²) in [5.41, 5.74) is 1.38. The monoisotopic (exact) mass is 532 g/mol. The average Bonchev–Trinajstić information content (AvgIpc) is 3.39. The molecule has 0 saturated carbocycles. The second-order valence-corrected chi connectivity index (χ2v) is 8.32. The zero-order chi connectivity index (χ0) is 27.0. The van der Waals surface area contributed by atoms with Gasteiger partial charge in [0.05, 0.1) is 13.2 Å². The Kier molecular flexibility index (Phi) is 8.86. The first-order valence-corrected chi connectivity index (χ1v) is 11.8. The number of nitrogens with zero attached hydrogens (tertiary/aromatic N) is 5. The number of anilines is 1. The first-order chi connectivity index (χ1) is 18.2. The summed E-state index contributed by atoms with van der Waals surface area (Å²) in [6.07, 6.45) is -3.05. The number of aliphatic imine (C=N–C) groups is 1. The van der Waals surface area contributed by atoms with E-state index < -0.39 is 6.36 Å². The number of halogens is 3. The Morgan fingerprint density at radius 2 is 1.95 bits per heavy atom. The molecule has 3 heterocycles. The van der Waals surface area contributed by atoms with Crippen molar-refractivity contribution < 1.29 is 27.2 Å². The second-order valence-electron chi connectivity index (χ2n) is 8.32. The van der Waals surface area contributed by atoms with Gasteiger partial charge in [-0.15, -0.1) is 13.2 Å². The zero-order valence-corrected chi connectivity index (χ0v) is 20.6. The molecule has 1 aliphatic rings. The number of morpholine rings is 1. The van der Waals surface area contributed by atoms with Crippen molar-refractivity contribution in [2.45, 2.75) is 19.8 Å². The molecule has 2 aromatic heterocycles. The summed E-state index contributed by atoms with van der Waals surface area (Å²) in [5, 5.41) is 18.4. The van der Waals surface area contributed by atoms with Crippen molar-refractivity contribution in [3.8, 4) is 17.1 Å². The van der Waals surface area contributed by atoms with Crippen LogP contribution in [0.15, 0.2) is 52.1 Å². The molecule has 0 bridgehead atoms. The van der Waals surface area contributed by atoms with Crippen molar-refractivity contribution in [2.24, 2.45) is 4.99 Å². The van der Waals surface area contributed by atoms with Crippen molar-refractivity contribution in [3.63, 3.8) is 0 Å². The summed E-state index contributed by atoms with van der Waals surface area (Å²) in [4.78, 5) is 14.9. The molecule has 0 amide bonds. The van der Waals surface area contributed by atoms with E-state index in [0.29, 0.717) is 17.9 Å². The lowest BCUT2D eigenvalue weighted by Gasteiger charge is -2.26. The molecule has 1 aliphatic heterocycles. The number of pyridine rings is 1. The van der Waals surface area contributed by atoms with Gasteiger partial charge < -0.3 is 24.6 Å². The van der Waals surface area contributed by atoms with Crippen LogP contribution in [-0.4, -0.2) is 77.5 Å². The second kappa shape index (κ2) is 12.5. The summed E-state index contributed by atoms with van der Waals surface area (Å²) >= 11 is 0. The van der Waals surface area contributed by atoms with Crippen LogP contribution >= 0.6 is 0 Å². The fraction of sp³-hybridized carbons (Fsp3) is 0.375. The summed E-state index contributed by atoms with van der Waals surface area (Å²) in [6.45, 7) is 7.26. The van der Waals surface area contributed by atoms with Gasteiger partial charge >= 0.3 is 6.36 Å². The lowest BCUT2D eigenvalue weighted by molar-refractivity contribution is -0.274. The van der Waals surface area contributed by atoms with Crippen molar-refractivity contribution in [1.82, 2.24) is 25.3 Å². The topological polar surface area (TPSA) is 134 Å². The maximum absolute atomic E-state index is 12.3. The molecule has 0 unspecified atom stereocenters. The average molecular weight is 533 g/mol. The Balaban J connectivity index is 1.27. The van der Waals surface area contributed by atoms with Crippen molar-refractivity contribution in [3.05, 3.63) is 54.0 Å². The molecule has 1 aromatic carbocycles. The predicted molar refractivity (Wildman–Crippen MR) is 133 cm³/mol. The van der Waals surface area contributed by atoms with E-state index >= 15 is 0 Å². The maximum atomic E-state index is 12.3. The van der Waals surface area contributed by atoms with Crippen LogP contribution < -0.4 is 15.4 Å². The lowest BCUT2D eigenvalue weighted by Crippen LogP contribution is -2.39. The Bertz CT molecular complexity index is 1240. The van der Waals surface area contributed by atoms with E-state index in [2.05, 4.69) is 40.4 Å². The number of ether oxygens (including phenoxy) is 2. The summed E-state index contributed by atoms with van der Waals surface area (Å²) in [6, 6.07) is 8.82. The molecule has 4 rings (SSSR count). The number of nitrogens with one attached hydrogen (secondary N) is 3. The highest BCUT2D eigenvalue weighted by atomic mass is 19.4. The van der Waals surface area contributed by atoms with Crippen LogP contribution in [0.4, 0.5) is 19.0 Å². The molecule has 14 heteroatoms. The molecule has 202 valence electrons. The number of aromatic nitrogens is 3. The van der Waals surface area contributed by atoms with Crippen LogP contribution in [0.1, 0.15) is 18.4 Å². The molecule has 0 atom stereocenters. The molecular weight excluding hydrogens is 505 g/mol. The fourth-order valence-corrected chi connectivity index (χ4v) is 3.58. The van der Waals surface area contributed by atoms with E-state index in [1.165, 1.54) is 12.1 Å². The molecule has 38 heavy (non-hydrogen) atoms. The van der Waals surface area contributed by atoms with Crippen LogP contribution in [0.25, 0.3) is 11.4 Å². The van der Waals surface area contributed by atoms with E-state index in [1.54, 1.807) is 13.1 Å². The van der Waals surface area contributed by atoms with E-state index in [9.17, 15) is 13.2 Å². The van der Waals surface area contributed by atoms with Crippen LogP contribution in [0.5, 0.6) is 5.75 Å². The fourth-order valence-electron chi connectivity index (χ4n) is 3.58. The third kappa shape index (κ3) is 8.24. The van der Waals surface area contributed by atoms with Gasteiger partial charge in [0.15, 0.2) is 0 Å². The molecule has 0 aliphatic carbocycles. The molecule has 1 fully saturated rings. The largest absolute Gasteiger partial charge is 0.573 e. The third-order valence-electron chi connectivity index (χ3n) is 5.46. The summed E-state index contributed by atoms with van der Waals surface area (Å²) < 4.78 is 51.3. The Morgan fingerprint density at radius 1 is 1.18 bits per heavy atom. The lowest BCUT2D eigenvalue weighted by atomic mass is 10.2. The molecule has 0 spiro atoms. The molecular formula is C24H27F3N8O3. The van der Waals surface area contributed by atoms with Gasteiger partial charge in [-0.1, -0.05) is 5.16 Å². The van der Waals surface area contributed by atoms with Crippen LogP contribution in [0.3, 0.4) is 0 Å². The maximum Gasteiger partial charge on any atom is 0.573 e. The first-order valence-electron chi connectivity index (χ1n) is 11.8. The standard InChI is InChI=1S/C24H27F3N8O3/c1-16(31-15-17-6-7-29-20(14-17)30-8-9-35-10-12-36-13-11-35)32-21(28)23-33-22(34-38-23)18-2-4-19(5-3-18)37-24(25,26)27/h2-7,14H,8-13,15H2,1H3,(H,29,30)(H2,28,31,32). The molecule has 0 radical (unpaired) electrons. The van der Waals surface area contributed by atoms with Gasteiger partial charge in [0.1, 0.15) is 17.4 Å². The molecule has 11 nitrogen and oxygen atoms in total. The number of hydrogen-bond acceptors (Lipinski definition) is 9. The number of benzene rings is 1. The zero-order valence-electron chi connectivity index (χ0n) is 20.6. The van der Waals surface area contributed by atoms with Crippen molar-refractivity contribution >= 4 is 17.5 Å². The van der Waals surface area contributed by atoms with Crippen LogP contribution in [-0.2, 0) is 11.3 Å². The quantitative estimate of drug-likeness (QED) is 0.280. The number of alkyl halides is 3. The van der Waals surface area contributed by atoms with Crippen LogP contribution in [0.2, 0.25) is 0 Å². The van der Waals surface area contributed by atoms with E-state index in [4.69, 9.17) is 14.7 Å². The smallest absolute Gasteiger partial charge is 0.406 e. The van der Waals surface area contributed by atoms with Gasteiger partial charge in [-0.25, -0.2) is 9.98 Å². The van der Waals surface area contributed by atoms with E-state index in [-0.39, 0.29) is 23.3 Å². The van der Waals surface area contributed by atoms with E-state index in [1.807, 2.05) is 12.1 Å². The Morgan fingerprint density at radius 3 is 2.68 bits per heavy atom. The van der Waals surface area contributed by atoms with E-state index in [0.717, 1.165) is 62.9 Å². The highest BCUT2D eigenvalue weighted by Gasteiger charge is 2.31. The minimum Gasteiger partial charge on any atom is -0.406 e. The normalized spacial score (nSPS) is 14.8. The Labute approximate surface area is 216 Å². The van der Waals surface area contributed by atoms with Crippen molar-refractivity contribution in [2.75, 3.05) is 44.7 Å². The third-order valence-corrected chi connectivity index (χ3v) is 5.46. The first kappa shape index (κ1) is 27.0. The Hall–Kier alpha value is -4.04. The number of amidine groups is 2. The SMILES string of the molecule is C/C(=N/C(=N)c1nc(-c2ccc(OC(F)(F)F)cc2)no1)NCc1ccnc(NCCN2CCOCC2)c1. The van der Waals surface area contributed by atoms with Gasteiger partial charge in [0.25, 0.3) is 5.89 Å². The summed E-state index contributed by atoms with van der Waals surface area (Å²) in [7, 11) is 0. The minimum absolute atomic E-state index is 0.106. The van der Waals surface area contributed by atoms with Crippen LogP contribution in [0, 0.1) is 5.41 Å². The highest BCUT2D eigenvalue weighted by molar-refractivity contribution is 6.01. The minimum atomic E-state index is -4.78. The molecule has 1 saturated heterocycles. The van der Waals surface area contributed by atoms with Gasteiger partial charge in [-0.3, -0.25) is 10.3 Å². The van der Waals surface area contributed by atoms with Gasteiger partial charge in [0, 0.05) is 44.5 Å². The predicted octanol–water partition coefficient (Wildman–Crippen LogP) is 3.31. The number of rotatable bonds is 9. The molecule has 3 aromatic rings. The molecule has 3 N–H and O–H groups in total.